The van der Waals surface area contributed by atoms with Crippen LogP contribution in [0.3, 0.4) is 0 Å². The fourth-order valence-electron chi connectivity index (χ4n) is 4.55. The highest BCUT2D eigenvalue weighted by molar-refractivity contribution is 7.86. The summed E-state index contributed by atoms with van der Waals surface area (Å²) in [5, 5.41) is 0. The molecule has 0 aliphatic heterocycles. The van der Waals surface area contributed by atoms with Crippen LogP contribution >= 0.6 is 0 Å². The lowest BCUT2D eigenvalue weighted by Crippen LogP contribution is -2.16. The average Bonchev–Trinajstić information content (AvgIpc) is 3.13. The van der Waals surface area contributed by atoms with Crippen LogP contribution in [0.2, 0.25) is 0 Å². The minimum atomic E-state index is -4.40. The minimum Gasteiger partial charge on any atom is -0.489 e. The van der Waals surface area contributed by atoms with E-state index in [2.05, 4.69) is 0 Å². The molecular weight excluding hydrogens is 753 g/mol. The van der Waals surface area contributed by atoms with Gasteiger partial charge in [-0.05, 0) is 49.6 Å². The summed E-state index contributed by atoms with van der Waals surface area (Å²) in [5.41, 5.74) is 2.58. The third kappa shape index (κ3) is 21.7. The molecule has 0 atom stereocenters. The Morgan fingerprint density at radius 2 is 0.833 bits per heavy atom. The van der Waals surface area contributed by atoms with Gasteiger partial charge in [0.25, 0.3) is 20.2 Å². The molecular formula is C36H58O16S2. The minimum absolute atomic E-state index is 0.0718. The molecule has 0 radical (unpaired) electrons. The molecule has 16 nitrogen and oxygen atoms in total. The number of hydrogen-bond acceptors (Lipinski definition) is 15. The van der Waals surface area contributed by atoms with E-state index in [1.807, 2.05) is 20.8 Å². The summed E-state index contributed by atoms with van der Waals surface area (Å²) in [6.07, 6.45) is 0.561. The van der Waals surface area contributed by atoms with Crippen LogP contribution in [0.25, 0.3) is 0 Å². The first-order valence-electron chi connectivity index (χ1n) is 17.9. The standard InChI is InChI=1S/C36H58O16S2/c1-4-34-32(3)7-10-35(53(37,38)39)36(34)51-29-27-49-25-23-47-21-19-45-17-15-43-13-11-42-12-14-44-16-18-46-20-22-48-24-26-50-28-30-52-54(40,41)33-8-5-31(2)6-9-33/h5-10H,4,11-30H2,1-3H3,(H,37,38,39). The Hall–Kier alpha value is -2.30. The first-order valence-corrected chi connectivity index (χ1v) is 20.8. The van der Waals surface area contributed by atoms with Gasteiger partial charge in [-0.25, -0.2) is 0 Å². The van der Waals surface area contributed by atoms with Crippen LogP contribution in [0.15, 0.2) is 46.2 Å². The predicted molar refractivity (Wildman–Crippen MR) is 198 cm³/mol. The van der Waals surface area contributed by atoms with Gasteiger partial charge in [0.1, 0.15) is 17.3 Å². The van der Waals surface area contributed by atoms with Crippen LogP contribution in [-0.2, 0) is 73.5 Å². The van der Waals surface area contributed by atoms with Crippen LogP contribution in [0.5, 0.6) is 5.75 Å². The monoisotopic (exact) mass is 810 g/mol. The molecule has 1 N–H and O–H groups in total. The summed E-state index contributed by atoms with van der Waals surface area (Å²) in [6.45, 7) is 12.6. The molecule has 0 aliphatic carbocycles. The molecule has 2 aromatic carbocycles. The normalized spacial score (nSPS) is 12.1. The van der Waals surface area contributed by atoms with Crippen LogP contribution in [-0.4, -0.2) is 154 Å². The quantitative estimate of drug-likeness (QED) is 0.0607. The molecule has 0 aliphatic rings. The second-order valence-corrected chi connectivity index (χ2v) is 14.5. The molecule has 0 spiro atoms. The lowest BCUT2D eigenvalue weighted by atomic mass is 10.1. The van der Waals surface area contributed by atoms with Gasteiger partial charge in [-0.15, -0.1) is 0 Å². The SMILES string of the molecule is CCc1c(C)ccc(S(=O)(=O)O)c1OCCOCCOCCOCCOCCOCCOCCOCCOCCOCCOS(=O)(=O)c1ccc(C)cc1. The van der Waals surface area contributed by atoms with E-state index < -0.39 is 20.2 Å². The number of hydrogen-bond donors (Lipinski definition) is 1. The number of aryl methyl sites for hydroxylation is 2. The van der Waals surface area contributed by atoms with Crippen molar-refractivity contribution in [3.8, 4) is 5.75 Å². The van der Waals surface area contributed by atoms with E-state index in [0.29, 0.717) is 112 Å². The molecule has 2 rings (SSSR count). The Kier molecular flexibility index (Phi) is 25.7. The van der Waals surface area contributed by atoms with Gasteiger partial charge in [0.15, 0.2) is 0 Å². The van der Waals surface area contributed by atoms with Crippen molar-refractivity contribution in [2.75, 3.05) is 132 Å². The van der Waals surface area contributed by atoms with Crippen LogP contribution in [0.1, 0.15) is 23.6 Å². The maximum absolute atomic E-state index is 12.1. The zero-order valence-electron chi connectivity index (χ0n) is 31.7. The molecule has 0 bridgehead atoms. The van der Waals surface area contributed by atoms with E-state index in [1.165, 1.54) is 18.2 Å². The largest absolute Gasteiger partial charge is 0.489 e. The maximum Gasteiger partial charge on any atom is 0.298 e. The molecule has 0 saturated carbocycles. The maximum atomic E-state index is 12.1. The molecule has 0 fully saturated rings. The molecule has 2 aromatic rings. The van der Waals surface area contributed by atoms with Gasteiger partial charge in [-0.1, -0.05) is 30.7 Å². The fourth-order valence-corrected chi connectivity index (χ4v) is 6.09. The van der Waals surface area contributed by atoms with Crippen molar-refractivity contribution in [2.24, 2.45) is 0 Å². The molecule has 0 saturated heterocycles. The van der Waals surface area contributed by atoms with Crippen molar-refractivity contribution in [1.82, 2.24) is 0 Å². The predicted octanol–water partition coefficient (Wildman–Crippen LogP) is 3.05. The van der Waals surface area contributed by atoms with Crippen LogP contribution in [0.4, 0.5) is 0 Å². The highest BCUT2D eigenvalue weighted by atomic mass is 32.2. The van der Waals surface area contributed by atoms with E-state index in [9.17, 15) is 21.4 Å². The van der Waals surface area contributed by atoms with Gasteiger partial charge in [-0.2, -0.15) is 16.8 Å². The molecule has 0 heterocycles. The lowest BCUT2D eigenvalue weighted by molar-refractivity contribution is -0.0257. The van der Waals surface area contributed by atoms with Crippen LogP contribution < -0.4 is 4.74 Å². The van der Waals surface area contributed by atoms with E-state index in [1.54, 1.807) is 18.2 Å². The van der Waals surface area contributed by atoms with Crippen LogP contribution in [0, 0.1) is 13.8 Å². The fraction of sp³-hybridized carbons (Fsp3) is 0.667. The van der Waals surface area contributed by atoms with Crippen molar-refractivity contribution in [1.29, 1.82) is 0 Å². The molecule has 54 heavy (non-hydrogen) atoms. The second kappa shape index (κ2) is 29.0. The van der Waals surface area contributed by atoms with E-state index in [4.69, 9.17) is 51.6 Å². The Balaban J connectivity index is 1.25. The molecule has 18 heteroatoms. The summed E-state index contributed by atoms with van der Waals surface area (Å²) >= 11 is 0. The summed E-state index contributed by atoms with van der Waals surface area (Å²) in [7, 11) is -8.19. The summed E-state index contributed by atoms with van der Waals surface area (Å²) in [5.74, 6) is 0.163. The molecule has 0 aromatic heterocycles. The van der Waals surface area contributed by atoms with Gasteiger partial charge >= 0.3 is 0 Å². The molecule has 0 amide bonds. The number of ether oxygens (including phenoxy) is 10. The molecule has 310 valence electrons. The van der Waals surface area contributed by atoms with Crippen molar-refractivity contribution in [3.63, 3.8) is 0 Å². The molecule has 0 unspecified atom stereocenters. The first kappa shape index (κ1) is 47.9. The van der Waals surface area contributed by atoms with Gasteiger partial charge in [0, 0.05) is 0 Å². The Morgan fingerprint density at radius 3 is 1.19 bits per heavy atom. The lowest BCUT2D eigenvalue weighted by Gasteiger charge is -2.16. The van der Waals surface area contributed by atoms with Gasteiger partial charge in [0.05, 0.1) is 130 Å². The van der Waals surface area contributed by atoms with E-state index >= 15 is 0 Å². The first-order chi connectivity index (χ1) is 26.1. The number of rotatable bonds is 35. The summed E-state index contributed by atoms with van der Waals surface area (Å²) < 4.78 is 117. The topological polar surface area (TPSA) is 190 Å². The zero-order chi connectivity index (χ0) is 39.3. The number of benzene rings is 2. The Bertz CT molecular complexity index is 1470. The highest BCUT2D eigenvalue weighted by Crippen LogP contribution is 2.31. The third-order valence-electron chi connectivity index (χ3n) is 7.32. The smallest absolute Gasteiger partial charge is 0.298 e. The van der Waals surface area contributed by atoms with Gasteiger partial charge in [0.2, 0.25) is 0 Å². The van der Waals surface area contributed by atoms with Crippen molar-refractivity contribution in [2.45, 2.75) is 37.0 Å². The average molecular weight is 811 g/mol. The van der Waals surface area contributed by atoms with E-state index in [-0.39, 0.29) is 42.0 Å². The van der Waals surface area contributed by atoms with E-state index in [0.717, 1.165) is 16.7 Å². The van der Waals surface area contributed by atoms with Crippen molar-refractivity contribution < 1.29 is 72.9 Å². The summed E-state index contributed by atoms with van der Waals surface area (Å²) in [4.78, 5) is -0.125. The Labute approximate surface area is 320 Å². The zero-order valence-corrected chi connectivity index (χ0v) is 33.3. The van der Waals surface area contributed by atoms with Gasteiger partial charge < -0.3 is 47.4 Å². The third-order valence-corrected chi connectivity index (χ3v) is 9.52. The van der Waals surface area contributed by atoms with Crippen molar-refractivity contribution in [3.05, 3.63) is 53.1 Å². The van der Waals surface area contributed by atoms with Gasteiger partial charge in [-0.3, -0.25) is 8.74 Å². The Morgan fingerprint density at radius 1 is 0.481 bits per heavy atom. The second-order valence-electron chi connectivity index (χ2n) is 11.5. The summed E-state index contributed by atoms with van der Waals surface area (Å²) in [6, 6.07) is 9.44. The highest BCUT2D eigenvalue weighted by Gasteiger charge is 2.21. The van der Waals surface area contributed by atoms with Crippen molar-refractivity contribution >= 4 is 20.2 Å².